The molecule has 1 aliphatic heterocycles. The molecule has 6 heteroatoms. The second kappa shape index (κ2) is 9.48. The highest BCUT2D eigenvalue weighted by atomic mass is 19.1. The Bertz CT molecular complexity index is 1120. The topological polar surface area (TPSA) is 41.4 Å². The van der Waals surface area contributed by atoms with E-state index in [9.17, 15) is 9.18 Å². The summed E-state index contributed by atoms with van der Waals surface area (Å²) in [7, 11) is 5.64. The molecule has 3 aromatic rings. The molecule has 1 amide bonds. The van der Waals surface area contributed by atoms with Gasteiger partial charge in [-0.25, -0.2) is 4.39 Å². The normalized spacial score (nSPS) is 18.9. The Kier molecular flexibility index (Phi) is 6.66. The van der Waals surface area contributed by atoms with E-state index in [-0.39, 0.29) is 11.7 Å². The van der Waals surface area contributed by atoms with Crippen LogP contribution >= 0.6 is 0 Å². The minimum atomic E-state index is -0.475. The molecule has 2 aromatic carbocycles. The van der Waals surface area contributed by atoms with Crippen LogP contribution in [0.3, 0.4) is 0 Å². The van der Waals surface area contributed by atoms with Gasteiger partial charge in [0.05, 0.1) is 11.6 Å². The molecule has 5 nitrogen and oxygen atoms in total. The second-order valence-corrected chi connectivity index (χ2v) is 9.53. The Morgan fingerprint density at radius 3 is 2.52 bits per heavy atom. The number of piperidine rings is 1. The third-order valence-corrected chi connectivity index (χ3v) is 6.93. The van der Waals surface area contributed by atoms with Crippen LogP contribution in [0.2, 0.25) is 0 Å². The van der Waals surface area contributed by atoms with Crippen LogP contribution in [0.25, 0.3) is 11.1 Å². The van der Waals surface area contributed by atoms with Gasteiger partial charge in [-0.2, -0.15) is 5.10 Å². The first-order chi connectivity index (χ1) is 15.8. The van der Waals surface area contributed by atoms with Crippen LogP contribution in [0.15, 0.2) is 54.7 Å². The zero-order chi connectivity index (χ0) is 23.6. The van der Waals surface area contributed by atoms with Crippen molar-refractivity contribution in [2.45, 2.75) is 32.7 Å². The second-order valence-electron chi connectivity index (χ2n) is 9.53. The van der Waals surface area contributed by atoms with Crippen LogP contribution in [0.4, 0.5) is 4.39 Å². The summed E-state index contributed by atoms with van der Waals surface area (Å²) in [6.45, 7) is 4.58. The van der Waals surface area contributed by atoms with Gasteiger partial charge in [0.1, 0.15) is 5.82 Å². The van der Waals surface area contributed by atoms with Crippen LogP contribution in [0.5, 0.6) is 0 Å². The van der Waals surface area contributed by atoms with E-state index >= 15 is 0 Å². The summed E-state index contributed by atoms with van der Waals surface area (Å²) in [6.07, 6.45) is 4.44. The van der Waals surface area contributed by atoms with E-state index < -0.39 is 5.41 Å². The number of carbonyl (C=O) groups is 1. The van der Waals surface area contributed by atoms with Crippen molar-refractivity contribution in [1.29, 1.82) is 0 Å². The Hall–Kier alpha value is -2.99. The SMILES string of the molecule is Cc1c(CN2CCCC(Cc3ccc(-c4ccccc4F)cc3)(C(=O)N(C)C)C2)cnn1C. The summed E-state index contributed by atoms with van der Waals surface area (Å²) < 4.78 is 16.1. The van der Waals surface area contributed by atoms with Gasteiger partial charge in [0, 0.05) is 51.1 Å². The summed E-state index contributed by atoms with van der Waals surface area (Å²) in [5.41, 5.74) is 4.44. The third-order valence-electron chi connectivity index (χ3n) is 6.93. The molecule has 1 atom stereocenters. The lowest BCUT2D eigenvalue weighted by atomic mass is 9.73. The number of aromatic nitrogens is 2. The molecule has 1 saturated heterocycles. The molecule has 0 radical (unpaired) electrons. The zero-order valence-corrected chi connectivity index (χ0v) is 20.0. The Labute approximate surface area is 195 Å². The van der Waals surface area contributed by atoms with E-state index in [2.05, 4.69) is 16.9 Å². The van der Waals surface area contributed by atoms with E-state index in [0.717, 1.165) is 42.8 Å². The van der Waals surface area contributed by atoms with E-state index in [0.29, 0.717) is 18.5 Å². The van der Waals surface area contributed by atoms with Crippen LogP contribution in [-0.2, 0) is 24.8 Å². The molecule has 1 unspecified atom stereocenters. The predicted octanol–water partition coefficient (Wildman–Crippen LogP) is 4.45. The lowest BCUT2D eigenvalue weighted by Gasteiger charge is -2.43. The molecule has 0 spiro atoms. The number of nitrogens with zero attached hydrogens (tertiary/aromatic N) is 4. The number of likely N-dealkylation sites (tertiary alicyclic amines) is 1. The smallest absolute Gasteiger partial charge is 0.229 e. The molecule has 1 aromatic heterocycles. The average Bonchev–Trinajstić information content (AvgIpc) is 3.12. The summed E-state index contributed by atoms with van der Waals surface area (Å²) in [5.74, 6) is -0.0496. The molecular formula is C27H33FN4O. The third kappa shape index (κ3) is 4.86. The monoisotopic (exact) mass is 448 g/mol. The molecule has 33 heavy (non-hydrogen) atoms. The van der Waals surface area contributed by atoms with Gasteiger partial charge in [-0.1, -0.05) is 42.5 Å². The van der Waals surface area contributed by atoms with Crippen molar-refractivity contribution in [3.8, 4) is 11.1 Å². The predicted molar refractivity (Wildman–Crippen MR) is 129 cm³/mol. The number of rotatable bonds is 6. The van der Waals surface area contributed by atoms with Crippen molar-refractivity contribution in [3.05, 3.63) is 77.4 Å². The van der Waals surface area contributed by atoms with Gasteiger partial charge < -0.3 is 4.90 Å². The maximum Gasteiger partial charge on any atom is 0.229 e. The van der Waals surface area contributed by atoms with Gasteiger partial charge in [-0.15, -0.1) is 0 Å². The lowest BCUT2D eigenvalue weighted by molar-refractivity contribution is -0.143. The fraction of sp³-hybridized carbons (Fsp3) is 0.407. The van der Waals surface area contributed by atoms with Crippen molar-refractivity contribution >= 4 is 5.91 Å². The van der Waals surface area contributed by atoms with Gasteiger partial charge in [-0.3, -0.25) is 14.4 Å². The summed E-state index contributed by atoms with van der Waals surface area (Å²) in [5, 5.41) is 4.38. The molecular weight excluding hydrogens is 415 g/mol. The first kappa shape index (κ1) is 23.2. The van der Waals surface area contributed by atoms with E-state index in [1.165, 1.54) is 11.6 Å². The molecule has 1 fully saturated rings. The molecule has 0 bridgehead atoms. The summed E-state index contributed by atoms with van der Waals surface area (Å²) in [6, 6.07) is 14.8. The zero-order valence-electron chi connectivity index (χ0n) is 20.0. The molecule has 0 saturated carbocycles. The quantitative estimate of drug-likeness (QED) is 0.560. The largest absolute Gasteiger partial charge is 0.348 e. The van der Waals surface area contributed by atoms with Gasteiger partial charge in [0.2, 0.25) is 5.91 Å². The molecule has 1 aliphatic rings. The highest BCUT2D eigenvalue weighted by molar-refractivity contribution is 5.83. The van der Waals surface area contributed by atoms with Gasteiger partial charge in [-0.05, 0) is 49.9 Å². The van der Waals surface area contributed by atoms with E-state index in [1.807, 2.05) is 62.4 Å². The van der Waals surface area contributed by atoms with Crippen LogP contribution in [0.1, 0.15) is 29.7 Å². The number of amides is 1. The van der Waals surface area contributed by atoms with Crippen molar-refractivity contribution in [2.24, 2.45) is 12.5 Å². The van der Waals surface area contributed by atoms with Crippen molar-refractivity contribution < 1.29 is 9.18 Å². The number of hydrogen-bond donors (Lipinski definition) is 0. The van der Waals surface area contributed by atoms with Crippen LogP contribution in [0, 0.1) is 18.2 Å². The maximum absolute atomic E-state index is 14.2. The van der Waals surface area contributed by atoms with Gasteiger partial charge in [0.15, 0.2) is 0 Å². The van der Waals surface area contributed by atoms with Crippen molar-refractivity contribution in [3.63, 3.8) is 0 Å². The Morgan fingerprint density at radius 1 is 1.15 bits per heavy atom. The fourth-order valence-electron chi connectivity index (χ4n) is 5.06. The van der Waals surface area contributed by atoms with Gasteiger partial charge in [0.25, 0.3) is 0 Å². The van der Waals surface area contributed by atoms with Crippen LogP contribution in [-0.4, -0.2) is 52.7 Å². The number of carbonyl (C=O) groups excluding carboxylic acids is 1. The molecule has 174 valence electrons. The maximum atomic E-state index is 14.2. The standard InChI is InChI=1S/C27H33FN4O/c1-20-23(17-29-31(20)4)18-32-15-7-14-27(19-32,26(33)30(2)3)16-21-10-12-22(13-11-21)24-8-5-6-9-25(24)28/h5-6,8-13,17H,7,14-16,18-19H2,1-4H3. The highest BCUT2D eigenvalue weighted by Crippen LogP contribution is 2.37. The van der Waals surface area contributed by atoms with E-state index in [1.54, 1.807) is 17.0 Å². The highest BCUT2D eigenvalue weighted by Gasteiger charge is 2.43. The summed E-state index contributed by atoms with van der Waals surface area (Å²) in [4.78, 5) is 17.6. The average molecular weight is 449 g/mol. The Morgan fingerprint density at radius 2 is 1.88 bits per heavy atom. The van der Waals surface area contributed by atoms with Crippen LogP contribution < -0.4 is 0 Å². The Balaban J connectivity index is 1.57. The van der Waals surface area contributed by atoms with E-state index in [4.69, 9.17) is 0 Å². The number of benzene rings is 2. The first-order valence-corrected chi connectivity index (χ1v) is 11.5. The molecule has 0 aliphatic carbocycles. The number of aryl methyl sites for hydroxylation is 1. The van der Waals surface area contributed by atoms with Crippen molar-refractivity contribution in [2.75, 3.05) is 27.2 Å². The fourth-order valence-corrected chi connectivity index (χ4v) is 5.06. The summed E-state index contributed by atoms with van der Waals surface area (Å²) >= 11 is 0. The minimum absolute atomic E-state index is 0.174. The number of hydrogen-bond acceptors (Lipinski definition) is 3. The first-order valence-electron chi connectivity index (χ1n) is 11.5. The molecule has 0 N–H and O–H groups in total. The molecule has 2 heterocycles. The minimum Gasteiger partial charge on any atom is -0.348 e. The lowest BCUT2D eigenvalue weighted by Crippen LogP contribution is -2.52. The van der Waals surface area contributed by atoms with Crippen molar-refractivity contribution in [1.82, 2.24) is 19.6 Å². The molecule has 4 rings (SSSR count). The number of halogens is 1. The van der Waals surface area contributed by atoms with Gasteiger partial charge >= 0.3 is 0 Å².